The lowest BCUT2D eigenvalue weighted by molar-refractivity contribution is -0.116. The monoisotopic (exact) mass is 393 g/mol. The molecular formula is C22H23N3O2S. The molecule has 0 bridgehead atoms. The molecule has 2 aromatic carbocycles. The van der Waals surface area contributed by atoms with Crippen molar-refractivity contribution in [3.05, 3.63) is 63.5 Å². The summed E-state index contributed by atoms with van der Waals surface area (Å²) >= 11 is 1.53. The van der Waals surface area contributed by atoms with Crippen molar-refractivity contribution in [3.63, 3.8) is 0 Å². The van der Waals surface area contributed by atoms with Gasteiger partial charge in [0.1, 0.15) is 5.01 Å². The molecule has 6 heteroatoms. The largest absolute Gasteiger partial charge is 0.326 e. The number of nitrogens with zero attached hydrogens (tertiary/aromatic N) is 1. The number of aryl methyl sites for hydroxylation is 3. The Hall–Kier alpha value is -2.99. The van der Waals surface area contributed by atoms with Crippen molar-refractivity contribution in [2.45, 2.75) is 34.1 Å². The minimum absolute atomic E-state index is 0.0757. The van der Waals surface area contributed by atoms with Gasteiger partial charge in [-0.1, -0.05) is 29.8 Å². The molecule has 144 valence electrons. The summed E-state index contributed by atoms with van der Waals surface area (Å²) in [5.41, 5.74) is 5.62. The number of anilines is 2. The molecule has 0 aliphatic heterocycles. The van der Waals surface area contributed by atoms with Crippen LogP contribution in [0.5, 0.6) is 0 Å². The molecule has 1 aromatic heterocycles. The Labute approximate surface area is 168 Å². The normalized spacial score (nSPS) is 10.6. The molecule has 0 spiro atoms. The van der Waals surface area contributed by atoms with E-state index in [1.807, 2.05) is 63.2 Å². The molecule has 5 nitrogen and oxygen atoms in total. The number of benzene rings is 2. The first kappa shape index (κ1) is 19.8. The van der Waals surface area contributed by atoms with Gasteiger partial charge in [0.2, 0.25) is 11.8 Å². The van der Waals surface area contributed by atoms with E-state index in [-0.39, 0.29) is 18.2 Å². The first-order valence-corrected chi connectivity index (χ1v) is 9.85. The highest BCUT2D eigenvalue weighted by Gasteiger charge is 2.14. The Bertz CT molecular complexity index is 1020. The van der Waals surface area contributed by atoms with Crippen molar-refractivity contribution in [2.24, 2.45) is 0 Å². The summed E-state index contributed by atoms with van der Waals surface area (Å²) in [6.45, 7) is 7.49. The summed E-state index contributed by atoms with van der Waals surface area (Å²) in [5.74, 6) is -0.178. The zero-order valence-corrected chi connectivity index (χ0v) is 17.2. The summed E-state index contributed by atoms with van der Waals surface area (Å²) in [5, 5.41) is 6.50. The molecular weight excluding hydrogens is 370 g/mol. The van der Waals surface area contributed by atoms with Crippen LogP contribution >= 0.6 is 11.3 Å². The van der Waals surface area contributed by atoms with Crippen LogP contribution in [0.25, 0.3) is 11.3 Å². The van der Waals surface area contributed by atoms with Gasteiger partial charge in [-0.3, -0.25) is 9.59 Å². The Morgan fingerprint density at radius 3 is 2.36 bits per heavy atom. The van der Waals surface area contributed by atoms with Gasteiger partial charge in [-0.15, -0.1) is 11.3 Å². The van der Waals surface area contributed by atoms with Gasteiger partial charge in [-0.05, 0) is 44.5 Å². The van der Waals surface area contributed by atoms with E-state index in [1.54, 1.807) is 0 Å². The van der Waals surface area contributed by atoms with E-state index in [0.29, 0.717) is 0 Å². The van der Waals surface area contributed by atoms with Crippen molar-refractivity contribution >= 4 is 34.5 Å². The maximum Gasteiger partial charge on any atom is 0.231 e. The second kappa shape index (κ2) is 8.35. The van der Waals surface area contributed by atoms with Gasteiger partial charge in [0.15, 0.2) is 0 Å². The third kappa shape index (κ3) is 4.84. The standard InChI is InChI=1S/C22H23N3O2S/c1-13-5-10-19(14(2)11-13)24-20(27)12-21-25-22(15(3)28-21)17-6-8-18(9-7-17)23-16(4)26/h5-11H,12H2,1-4H3,(H,23,26)(H,24,27). The van der Waals surface area contributed by atoms with Gasteiger partial charge >= 0.3 is 0 Å². The van der Waals surface area contributed by atoms with Crippen LogP contribution in [0.3, 0.4) is 0 Å². The molecule has 0 radical (unpaired) electrons. The average molecular weight is 394 g/mol. The van der Waals surface area contributed by atoms with Crippen LogP contribution < -0.4 is 10.6 Å². The third-order valence-corrected chi connectivity index (χ3v) is 5.26. The Kier molecular flexibility index (Phi) is 5.90. The van der Waals surface area contributed by atoms with E-state index >= 15 is 0 Å². The predicted molar refractivity (Wildman–Crippen MR) is 115 cm³/mol. The van der Waals surface area contributed by atoms with Crippen molar-refractivity contribution in [1.29, 1.82) is 0 Å². The summed E-state index contributed by atoms with van der Waals surface area (Å²) in [4.78, 5) is 29.3. The highest BCUT2D eigenvalue weighted by Crippen LogP contribution is 2.29. The second-order valence-corrected chi connectivity index (χ2v) is 8.10. The van der Waals surface area contributed by atoms with Crippen molar-refractivity contribution in [1.82, 2.24) is 4.98 Å². The summed E-state index contributed by atoms with van der Waals surface area (Å²) < 4.78 is 0. The molecule has 0 aliphatic rings. The Morgan fingerprint density at radius 2 is 1.71 bits per heavy atom. The molecule has 0 unspecified atom stereocenters. The maximum absolute atomic E-state index is 12.4. The van der Waals surface area contributed by atoms with Crippen LogP contribution in [0, 0.1) is 20.8 Å². The minimum Gasteiger partial charge on any atom is -0.326 e. The highest BCUT2D eigenvalue weighted by molar-refractivity contribution is 7.12. The number of amides is 2. The molecule has 3 aromatic rings. The molecule has 0 fully saturated rings. The van der Waals surface area contributed by atoms with Crippen LogP contribution in [-0.2, 0) is 16.0 Å². The van der Waals surface area contributed by atoms with Gasteiger partial charge in [0.25, 0.3) is 0 Å². The number of rotatable bonds is 5. The number of carbonyl (C=O) groups excluding carboxylic acids is 2. The molecule has 3 rings (SSSR count). The van der Waals surface area contributed by atoms with E-state index in [9.17, 15) is 9.59 Å². The fourth-order valence-corrected chi connectivity index (χ4v) is 3.95. The van der Waals surface area contributed by atoms with E-state index in [4.69, 9.17) is 0 Å². The van der Waals surface area contributed by atoms with Crippen LogP contribution in [-0.4, -0.2) is 16.8 Å². The van der Waals surface area contributed by atoms with E-state index < -0.39 is 0 Å². The first-order chi connectivity index (χ1) is 13.3. The SMILES string of the molecule is CC(=O)Nc1ccc(-c2nc(CC(=O)Nc3ccc(C)cc3C)sc2C)cc1. The van der Waals surface area contributed by atoms with Gasteiger partial charge in [-0.2, -0.15) is 0 Å². The third-order valence-electron chi connectivity index (χ3n) is 4.29. The molecule has 0 saturated heterocycles. The Morgan fingerprint density at radius 1 is 1.00 bits per heavy atom. The van der Waals surface area contributed by atoms with Gasteiger partial charge in [0.05, 0.1) is 12.1 Å². The molecule has 0 atom stereocenters. The highest BCUT2D eigenvalue weighted by atomic mass is 32.1. The van der Waals surface area contributed by atoms with Crippen LogP contribution in [0.1, 0.15) is 27.9 Å². The number of nitrogens with one attached hydrogen (secondary N) is 2. The lowest BCUT2D eigenvalue weighted by atomic mass is 10.1. The number of carbonyl (C=O) groups is 2. The van der Waals surface area contributed by atoms with Crippen LogP contribution in [0.2, 0.25) is 0 Å². The van der Waals surface area contributed by atoms with Gasteiger partial charge in [-0.25, -0.2) is 4.98 Å². The Balaban J connectivity index is 1.71. The fourth-order valence-electron chi connectivity index (χ4n) is 3.00. The van der Waals surface area contributed by atoms with E-state index in [0.717, 1.165) is 38.1 Å². The molecule has 28 heavy (non-hydrogen) atoms. The molecule has 2 amide bonds. The average Bonchev–Trinajstić information content (AvgIpc) is 2.97. The van der Waals surface area contributed by atoms with E-state index in [1.165, 1.54) is 23.8 Å². The van der Waals surface area contributed by atoms with Crippen molar-refractivity contribution in [3.8, 4) is 11.3 Å². The summed E-state index contributed by atoms with van der Waals surface area (Å²) in [6, 6.07) is 13.5. The number of hydrogen-bond acceptors (Lipinski definition) is 4. The van der Waals surface area contributed by atoms with Crippen LogP contribution in [0.4, 0.5) is 11.4 Å². The first-order valence-electron chi connectivity index (χ1n) is 9.03. The van der Waals surface area contributed by atoms with Crippen molar-refractivity contribution < 1.29 is 9.59 Å². The second-order valence-electron chi connectivity index (χ2n) is 6.81. The lowest BCUT2D eigenvalue weighted by Crippen LogP contribution is -2.15. The quantitative estimate of drug-likeness (QED) is 0.649. The van der Waals surface area contributed by atoms with Gasteiger partial charge in [0, 0.05) is 28.7 Å². The number of aromatic nitrogens is 1. The number of hydrogen-bond donors (Lipinski definition) is 2. The zero-order valence-electron chi connectivity index (χ0n) is 16.4. The zero-order chi connectivity index (χ0) is 20.3. The van der Waals surface area contributed by atoms with Crippen molar-refractivity contribution in [2.75, 3.05) is 10.6 Å². The molecule has 0 aliphatic carbocycles. The summed E-state index contributed by atoms with van der Waals surface area (Å²) in [6.07, 6.45) is 0.239. The topological polar surface area (TPSA) is 71.1 Å². The molecule has 2 N–H and O–H groups in total. The smallest absolute Gasteiger partial charge is 0.231 e. The summed E-state index contributed by atoms with van der Waals surface area (Å²) in [7, 11) is 0. The maximum atomic E-state index is 12.4. The minimum atomic E-state index is -0.102. The molecule has 1 heterocycles. The number of thiazole rings is 1. The fraction of sp³-hybridized carbons (Fsp3) is 0.227. The van der Waals surface area contributed by atoms with Gasteiger partial charge < -0.3 is 10.6 Å². The predicted octanol–water partition coefficient (Wildman–Crippen LogP) is 4.87. The molecule has 0 saturated carbocycles. The van der Waals surface area contributed by atoms with Crippen LogP contribution in [0.15, 0.2) is 42.5 Å². The lowest BCUT2D eigenvalue weighted by Gasteiger charge is -2.08. The van der Waals surface area contributed by atoms with E-state index in [2.05, 4.69) is 15.6 Å².